The molecule has 0 saturated carbocycles. The molecule has 7 heteroatoms. The van der Waals surface area contributed by atoms with Crippen LogP contribution < -0.4 is 5.32 Å². The Morgan fingerprint density at radius 2 is 2.00 bits per heavy atom. The molecule has 0 radical (unpaired) electrons. The predicted molar refractivity (Wildman–Crippen MR) is 100 cm³/mol. The smallest absolute Gasteiger partial charge is 0.251 e. The molecular weight excluding hydrogens is 344 g/mol. The van der Waals surface area contributed by atoms with Gasteiger partial charge in [-0.05, 0) is 25.0 Å². The molecule has 1 aromatic carbocycles. The predicted octanol–water partition coefficient (Wildman–Crippen LogP) is 3.07. The van der Waals surface area contributed by atoms with Gasteiger partial charge in [0.15, 0.2) is 5.82 Å². The van der Waals surface area contributed by atoms with Crippen LogP contribution in [-0.4, -0.2) is 39.9 Å². The quantitative estimate of drug-likeness (QED) is 0.874. The van der Waals surface area contributed by atoms with Crippen molar-refractivity contribution < 1.29 is 14.1 Å². The van der Waals surface area contributed by atoms with E-state index < -0.39 is 0 Å². The van der Waals surface area contributed by atoms with Crippen LogP contribution in [-0.2, 0) is 4.79 Å². The SMILES string of the molecule is CC(C)c1nc([C@H]2CCCCCN2C(=O)CNC(=O)c2ccccc2)no1. The number of benzene rings is 1. The lowest BCUT2D eigenvalue weighted by molar-refractivity contribution is -0.132. The Labute approximate surface area is 159 Å². The first-order valence-electron chi connectivity index (χ1n) is 9.52. The number of nitrogens with zero attached hydrogens (tertiary/aromatic N) is 3. The molecule has 2 aromatic rings. The number of carbonyl (C=O) groups is 2. The molecule has 7 nitrogen and oxygen atoms in total. The minimum absolute atomic E-state index is 0.0425. The van der Waals surface area contributed by atoms with Crippen LogP contribution in [0.5, 0.6) is 0 Å². The average molecular weight is 370 g/mol. The fourth-order valence-corrected chi connectivity index (χ4v) is 3.24. The van der Waals surface area contributed by atoms with Gasteiger partial charge < -0.3 is 14.7 Å². The minimum atomic E-state index is -0.253. The Morgan fingerprint density at radius 3 is 2.70 bits per heavy atom. The topological polar surface area (TPSA) is 88.3 Å². The van der Waals surface area contributed by atoms with E-state index >= 15 is 0 Å². The third-order valence-corrected chi connectivity index (χ3v) is 4.76. The molecule has 0 bridgehead atoms. The van der Waals surface area contributed by atoms with E-state index in [-0.39, 0.29) is 30.3 Å². The van der Waals surface area contributed by atoms with E-state index in [2.05, 4.69) is 15.5 Å². The van der Waals surface area contributed by atoms with E-state index in [1.165, 1.54) is 0 Å². The fraction of sp³-hybridized carbons (Fsp3) is 0.500. The minimum Gasteiger partial charge on any atom is -0.343 e. The summed E-state index contributed by atoms with van der Waals surface area (Å²) in [5.41, 5.74) is 0.539. The van der Waals surface area contributed by atoms with E-state index in [4.69, 9.17) is 4.52 Å². The molecule has 1 aromatic heterocycles. The molecule has 1 saturated heterocycles. The Balaban J connectivity index is 1.68. The standard InChI is InChI=1S/C20H26N4O3/c1-14(2)20-22-18(23-27-20)16-11-7-4-8-12-24(16)17(25)13-21-19(26)15-9-5-3-6-10-15/h3,5-6,9-10,14,16H,4,7-8,11-13H2,1-2H3,(H,21,26)/t16-/m1/s1. The summed E-state index contributed by atoms with van der Waals surface area (Å²) in [6, 6.07) is 8.68. The lowest BCUT2D eigenvalue weighted by Crippen LogP contribution is -2.42. The zero-order chi connectivity index (χ0) is 19.2. The molecule has 0 spiro atoms. The van der Waals surface area contributed by atoms with Crippen LogP contribution >= 0.6 is 0 Å². The van der Waals surface area contributed by atoms with E-state index in [9.17, 15) is 9.59 Å². The first-order chi connectivity index (χ1) is 13.1. The van der Waals surface area contributed by atoms with Crippen molar-refractivity contribution in [3.05, 3.63) is 47.6 Å². The van der Waals surface area contributed by atoms with Crippen molar-refractivity contribution in [1.29, 1.82) is 0 Å². The van der Waals surface area contributed by atoms with E-state index in [0.29, 0.717) is 23.8 Å². The third-order valence-electron chi connectivity index (χ3n) is 4.76. The zero-order valence-corrected chi connectivity index (χ0v) is 15.9. The Hall–Kier alpha value is -2.70. The summed E-state index contributed by atoms with van der Waals surface area (Å²) >= 11 is 0. The largest absolute Gasteiger partial charge is 0.343 e. The van der Waals surface area contributed by atoms with E-state index in [1.807, 2.05) is 19.9 Å². The third kappa shape index (κ3) is 4.72. The molecule has 1 atom stereocenters. The van der Waals surface area contributed by atoms with Gasteiger partial charge in [0.25, 0.3) is 5.91 Å². The van der Waals surface area contributed by atoms with Gasteiger partial charge >= 0.3 is 0 Å². The lowest BCUT2D eigenvalue weighted by Gasteiger charge is -2.28. The molecule has 144 valence electrons. The normalized spacial score (nSPS) is 17.6. The summed E-state index contributed by atoms with van der Waals surface area (Å²) in [5, 5.41) is 6.83. The van der Waals surface area contributed by atoms with Crippen molar-refractivity contribution in [2.24, 2.45) is 0 Å². The van der Waals surface area contributed by atoms with Crippen molar-refractivity contribution in [3.63, 3.8) is 0 Å². The van der Waals surface area contributed by atoms with Crippen molar-refractivity contribution in [2.75, 3.05) is 13.1 Å². The van der Waals surface area contributed by atoms with Gasteiger partial charge in [-0.1, -0.05) is 50.0 Å². The number of amides is 2. The maximum atomic E-state index is 12.8. The van der Waals surface area contributed by atoms with Gasteiger partial charge in [0.05, 0.1) is 12.6 Å². The molecule has 1 N–H and O–H groups in total. The number of aromatic nitrogens is 2. The van der Waals surface area contributed by atoms with Crippen LogP contribution in [0.1, 0.15) is 73.6 Å². The van der Waals surface area contributed by atoms with Gasteiger partial charge in [-0.25, -0.2) is 0 Å². The highest BCUT2D eigenvalue weighted by Crippen LogP contribution is 2.29. The van der Waals surface area contributed by atoms with Gasteiger partial charge in [-0.2, -0.15) is 4.98 Å². The van der Waals surface area contributed by atoms with Crippen molar-refractivity contribution in [1.82, 2.24) is 20.4 Å². The van der Waals surface area contributed by atoms with Gasteiger partial charge in [0.2, 0.25) is 11.8 Å². The van der Waals surface area contributed by atoms with Gasteiger partial charge in [-0.15, -0.1) is 0 Å². The van der Waals surface area contributed by atoms with Crippen LogP contribution in [0.15, 0.2) is 34.9 Å². The first-order valence-corrected chi connectivity index (χ1v) is 9.52. The highest BCUT2D eigenvalue weighted by Gasteiger charge is 2.30. The highest BCUT2D eigenvalue weighted by molar-refractivity contribution is 5.96. The summed E-state index contributed by atoms with van der Waals surface area (Å²) in [5.74, 6) is 0.910. The molecule has 2 amide bonds. The molecular formula is C20H26N4O3. The van der Waals surface area contributed by atoms with Gasteiger partial charge in [0, 0.05) is 18.0 Å². The number of likely N-dealkylation sites (tertiary alicyclic amines) is 1. The Kier molecular flexibility index (Phi) is 6.21. The lowest BCUT2D eigenvalue weighted by atomic mass is 10.1. The first kappa shape index (κ1) is 19.1. The monoisotopic (exact) mass is 370 g/mol. The zero-order valence-electron chi connectivity index (χ0n) is 15.9. The van der Waals surface area contributed by atoms with Crippen LogP contribution in [0, 0.1) is 0 Å². The number of nitrogens with one attached hydrogen (secondary N) is 1. The number of hydrogen-bond donors (Lipinski definition) is 1. The molecule has 1 fully saturated rings. The van der Waals surface area contributed by atoms with Gasteiger partial charge in [-0.3, -0.25) is 9.59 Å². The summed E-state index contributed by atoms with van der Waals surface area (Å²) in [7, 11) is 0. The number of rotatable bonds is 5. The van der Waals surface area contributed by atoms with E-state index in [1.54, 1.807) is 29.2 Å². The van der Waals surface area contributed by atoms with Crippen molar-refractivity contribution >= 4 is 11.8 Å². The van der Waals surface area contributed by atoms with Crippen LogP contribution in [0.2, 0.25) is 0 Å². The van der Waals surface area contributed by atoms with Crippen LogP contribution in [0.4, 0.5) is 0 Å². The summed E-state index contributed by atoms with van der Waals surface area (Å²) < 4.78 is 5.34. The summed E-state index contributed by atoms with van der Waals surface area (Å²) in [6.07, 6.45) is 3.81. The molecule has 27 heavy (non-hydrogen) atoms. The molecule has 0 unspecified atom stereocenters. The van der Waals surface area contributed by atoms with E-state index in [0.717, 1.165) is 25.7 Å². The average Bonchev–Trinajstić information content (AvgIpc) is 3.05. The maximum Gasteiger partial charge on any atom is 0.251 e. The van der Waals surface area contributed by atoms with Crippen molar-refractivity contribution in [2.45, 2.75) is 51.5 Å². The number of carbonyl (C=O) groups excluding carboxylic acids is 2. The second kappa shape index (κ2) is 8.79. The van der Waals surface area contributed by atoms with Gasteiger partial charge in [0.1, 0.15) is 0 Å². The Bertz CT molecular complexity index is 773. The maximum absolute atomic E-state index is 12.8. The molecule has 2 heterocycles. The molecule has 3 rings (SSSR count). The Morgan fingerprint density at radius 1 is 1.22 bits per heavy atom. The van der Waals surface area contributed by atoms with Crippen LogP contribution in [0.25, 0.3) is 0 Å². The fourth-order valence-electron chi connectivity index (χ4n) is 3.24. The second-order valence-corrected chi connectivity index (χ2v) is 7.15. The highest BCUT2D eigenvalue weighted by atomic mass is 16.5. The summed E-state index contributed by atoms with van der Waals surface area (Å²) in [4.78, 5) is 31.3. The van der Waals surface area contributed by atoms with Crippen molar-refractivity contribution in [3.8, 4) is 0 Å². The second-order valence-electron chi connectivity index (χ2n) is 7.15. The molecule has 0 aliphatic carbocycles. The molecule has 1 aliphatic rings. The molecule has 1 aliphatic heterocycles. The van der Waals surface area contributed by atoms with Crippen LogP contribution in [0.3, 0.4) is 0 Å². The summed E-state index contributed by atoms with van der Waals surface area (Å²) in [6.45, 7) is 4.58. The number of hydrogen-bond acceptors (Lipinski definition) is 5.